The number of esters is 1. The zero-order valence-corrected chi connectivity index (χ0v) is 27.1. The van der Waals surface area contributed by atoms with E-state index < -0.39 is 49.5 Å². The van der Waals surface area contributed by atoms with Crippen molar-refractivity contribution in [3.63, 3.8) is 0 Å². The molecule has 0 spiro atoms. The molecule has 4 aromatic rings. The van der Waals surface area contributed by atoms with E-state index in [1.165, 1.54) is 17.8 Å². The fraction of sp³-hybridized carbons (Fsp3) is 0.467. The lowest BCUT2D eigenvalue weighted by Crippen LogP contribution is -2.45. The Morgan fingerprint density at radius 2 is 1.96 bits per heavy atom. The first kappa shape index (κ1) is 32.1. The third-order valence-corrected chi connectivity index (χ3v) is 9.70. The van der Waals surface area contributed by atoms with Crippen molar-refractivity contribution < 1.29 is 37.4 Å². The number of hydrogen-bond acceptors (Lipinski definition) is 12. The summed E-state index contributed by atoms with van der Waals surface area (Å²) in [6.07, 6.45) is -2.79. The molecule has 14 nitrogen and oxygen atoms in total. The van der Waals surface area contributed by atoms with Crippen LogP contribution in [0.4, 0.5) is 16.2 Å². The minimum Gasteiger partial charge on any atom is -0.464 e. The number of nitrogens with two attached hydrogens (primary N) is 1. The van der Waals surface area contributed by atoms with E-state index in [-0.39, 0.29) is 29.4 Å². The number of nitrogen functional groups attached to an aromatic ring is 1. The molecular weight excluding hydrogens is 620 g/mol. The van der Waals surface area contributed by atoms with Gasteiger partial charge in [-0.15, -0.1) is 0 Å². The summed E-state index contributed by atoms with van der Waals surface area (Å²) < 4.78 is 55.8. The quantitative estimate of drug-likeness (QED) is 0.141. The van der Waals surface area contributed by atoms with Gasteiger partial charge in [-0.1, -0.05) is 57.2 Å². The lowest BCUT2D eigenvalue weighted by molar-refractivity contribution is -0.148. The standard InChI is InChI=1S/C30H37FN7O7P/c1-16(25(39)42-14-28(2,3)4)37-46(41,44-19-13-9-11-17-10-7-8-12-18(17)19)45-22-21-30(22,40)29(5,31)26(43-21)38-15-34-20-23(33-6)35-27(32)36-24(20)38/h7-13,15-16,21-22,26,40H,14H2,1-6H3,(H,37,41)(H3,32,33,35,36)/t16-,21-,22?,26-,29+,30+,46-/m1/s1. The third-order valence-electron chi connectivity index (χ3n) is 8.06. The number of aromatic nitrogens is 4. The Hall–Kier alpha value is -3.88. The molecule has 5 N–H and O–H groups in total. The molecule has 0 amide bonds. The molecule has 2 aromatic heterocycles. The second-order valence-electron chi connectivity index (χ2n) is 12.9. The third kappa shape index (κ3) is 5.45. The molecule has 1 aliphatic carbocycles. The summed E-state index contributed by atoms with van der Waals surface area (Å²) in [4.78, 5) is 25.4. The molecule has 1 saturated carbocycles. The van der Waals surface area contributed by atoms with Crippen LogP contribution < -0.4 is 20.7 Å². The van der Waals surface area contributed by atoms with E-state index in [4.69, 9.17) is 24.3 Å². The summed E-state index contributed by atoms with van der Waals surface area (Å²) in [6.45, 7) is 8.40. The minimum atomic E-state index is -4.52. The van der Waals surface area contributed by atoms with Crippen LogP contribution in [0.3, 0.4) is 0 Å². The first-order valence-electron chi connectivity index (χ1n) is 14.7. The number of halogens is 1. The number of carbonyl (C=O) groups is 1. The number of anilines is 2. The van der Waals surface area contributed by atoms with Crippen molar-refractivity contribution in [2.24, 2.45) is 5.41 Å². The van der Waals surface area contributed by atoms with Gasteiger partial charge in [-0.2, -0.15) is 15.1 Å². The number of aliphatic hydroxyl groups is 1. The highest BCUT2D eigenvalue weighted by Crippen LogP contribution is 2.66. The topological polar surface area (TPSA) is 185 Å². The second kappa shape index (κ2) is 11.1. The summed E-state index contributed by atoms with van der Waals surface area (Å²) in [6, 6.07) is 11.2. The van der Waals surface area contributed by atoms with E-state index >= 15 is 4.39 Å². The molecule has 0 bridgehead atoms. The zero-order chi connectivity index (χ0) is 33.2. The number of carbonyl (C=O) groups excluding carboxylic acids is 1. The number of imidazole rings is 1. The van der Waals surface area contributed by atoms with E-state index in [9.17, 15) is 14.5 Å². The number of rotatable bonds is 10. The predicted octanol–water partition coefficient (Wildman–Crippen LogP) is 4.11. The molecule has 246 valence electrons. The highest BCUT2D eigenvalue weighted by atomic mass is 31.2. The van der Waals surface area contributed by atoms with Crippen LogP contribution in [0.2, 0.25) is 0 Å². The van der Waals surface area contributed by atoms with Crippen LogP contribution in [0.25, 0.3) is 21.9 Å². The maximum atomic E-state index is 16.7. The highest BCUT2D eigenvalue weighted by Gasteiger charge is 2.85. The molecule has 1 unspecified atom stereocenters. The molecule has 3 heterocycles. The number of nitrogens with zero attached hydrogens (tertiary/aromatic N) is 4. The fourth-order valence-corrected chi connectivity index (χ4v) is 7.31. The van der Waals surface area contributed by atoms with Gasteiger partial charge in [-0.3, -0.25) is 13.9 Å². The molecular formula is C30H37FN7O7P. The lowest BCUT2D eigenvalue weighted by atomic mass is 9.97. The molecule has 1 aliphatic heterocycles. The Labute approximate surface area is 264 Å². The molecule has 46 heavy (non-hydrogen) atoms. The normalized spacial score (nSPS) is 27.6. The predicted molar refractivity (Wildman–Crippen MR) is 168 cm³/mol. The van der Waals surface area contributed by atoms with Gasteiger partial charge >= 0.3 is 13.7 Å². The Bertz CT molecular complexity index is 1860. The average Bonchev–Trinajstić information content (AvgIpc) is 3.23. The van der Waals surface area contributed by atoms with Gasteiger partial charge < -0.3 is 30.2 Å². The summed E-state index contributed by atoms with van der Waals surface area (Å²) in [5.74, 6) is -0.255. The summed E-state index contributed by atoms with van der Waals surface area (Å²) in [5, 5.41) is 18.6. The number of nitrogens with one attached hydrogen (secondary N) is 2. The molecule has 7 atom stereocenters. The number of hydrogen-bond donors (Lipinski definition) is 4. The smallest absolute Gasteiger partial charge is 0.459 e. The highest BCUT2D eigenvalue weighted by molar-refractivity contribution is 7.52. The second-order valence-corrected chi connectivity index (χ2v) is 14.6. The molecule has 2 aromatic carbocycles. The van der Waals surface area contributed by atoms with Gasteiger partial charge in [-0.25, -0.2) is 13.9 Å². The van der Waals surface area contributed by atoms with Crippen LogP contribution in [0.5, 0.6) is 5.75 Å². The molecule has 16 heteroatoms. The summed E-state index contributed by atoms with van der Waals surface area (Å²) >= 11 is 0. The molecule has 2 fully saturated rings. The van der Waals surface area contributed by atoms with Crippen LogP contribution in [0.15, 0.2) is 48.8 Å². The molecule has 6 rings (SSSR count). The van der Waals surface area contributed by atoms with Crippen LogP contribution in [0, 0.1) is 5.41 Å². The Balaban J connectivity index is 1.28. The van der Waals surface area contributed by atoms with Gasteiger partial charge in [0.2, 0.25) is 5.95 Å². The van der Waals surface area contributed by atoms with Crippen molar-refractivity contribution in [3.8, 4) is 5.75 Å². The van der Waals surface area contributed by atoms with Crippen molar-refractivity contribution in [3.05, 3.63) is 48.8 Å². The average molecular weight is 658 g/mol. The number of alkyl halides is 1. The van der Waals surface area contributed by atoms with E-state index in [0.717, 1.165) is 12.3 Å². The van der Waals surface area contributed by atoms with Crippen molar-refractivity contribution >= 4 is 47.4 Å². The molecule has 2 aliphatic rings. The summed E-state index contributed by atoms with van der Waals surface area (Å²) in [7, 11) is -2.90. The molecule has 1 saturated heterocycles. The van der Waals surface area contributed by atoms with E-state index in [2.05, 4.69) is 25.4 Å². The maximum absolute atomic E-state index is 16.7. The SMILES string of the molecule is CNc1nc(N)nc2c1ncn2[C@@H]1O[C@@H]2C(O[P@@](=O)(N[C@H](C)C(=O)OCC(C)(C)C)Oc3cccc4ccccc34)[C@]2(O)[C@@]1(C)F. The van der Waals surface area contributed by atoms with Gasteiger partial charge in [0.05, 0.1) is 12.9 Å². The zero-order valence-electron chi connectivity index (χ0n) is 26.2. The monoisotopic (exact) mass is 657 g/mol. The van der Waals surface area contributed by atoms with Crippen molar-refractivity contribution in [2.45, 2.75) is 70.4 Å². The van der Waals surface area contributed by atoms with Crippen LogP contribution >= 0.6 is 7.75 Å². The van der Waals surface area contributed by atoms with E-state index in [1.54, 1.807) is 31.3 Å². The molecule has 0 radical (unpaired) electrons. The Morgan fingerprint density at radius 3 is 2.63 bits per heavy atom. The van der Waals surface area contributed by atoms with Gasteiger partial charge in [0.15, 0.2) is 34.5 Å². The number of ether oxygens (including phenoxy) is 2. The lowest BCUT2D eigenvalue weighted by Gasteiger charge is -2.32. The van der Waals surface area contributed by atoms with Crippen molar-refractivity contribution in [1.29, 1.82) is 0 Å². The number of benzene rings is 2. The minimum absolute atomic E-state index is 0.0741. The Morgan fingerprint density at radius 1 is 1.24 bits per heavy atom. The maximum Gasteiger partial charge on any atom is 0.459 e. The van der Waals surface area contributed by atoms with Gasteiger partial charge in [0.1, 0.15) is 24.0 Å². The van der Waals surface area contributed by atoms with E-state index in [1.807, 2.05) is 39.0 Å². The van der Waals surface area contributed by atoms with E-state index in [0.29, 0.717) is 16.7 Å². The van der Waals surface area contributed by atoms with Gasteiger partial charge in [0, 0.05) is 12.4 Å². The van der Waals surface area contributed by atoms with Crippen LogP contribution in [0.1, 0.15) is 40.8 Å². The first-order chi connectivity index (χ1) is 21.6. The summed E-state index contributed by atoms with van der Waals surface area (Å²) in [5.41, 5.74) is 1.29. The van der Waals surface area contributed by atoms with Gasteiger partial charge in [0.25, 0.3) is 0 Å². The van der Waals surface area contributed by atoms with Crippen molar-refractivity contribution in [2.75, 3.05) is 24.7 Å². The Kier molecular flexibility index (Phi) is 7.76. The number of fused-ring (bicyclic) bond motifs is 3. The van der Waals surface area contributed by atoms with Crippen molar-refractivity contribution in [1.82, 2.24) is 24.6 Å². The van der Waals surface area contributed by atoms with Crippen LogP contribution in [-0.4, -0.2) is 73.8 Å². The van der Waals surface area contributed by atoms with Crippen LogP contribution in [-0.2, 0) is 23.4 Å². The largest absolute Gasteiger partial charge is 0.464 e. The van der Waals surface area contributed by atoms with Gasteiger partial charge in [-0.05, 0) is 30.7 Å². The first-order valence-corrected chi connectivity index (χ1v) is 16.3. The fourth-order valence-electron chi connectivity index (χ4n) is 5.59.